The summed E-state index contributed by atoms with van der Waals surface area (Å²) < 4.78 is 9.18. The Morgan fingerprint density at radius 2 is 1.84 bits per heavy atom. The van der Waals surface area contributed by atoms with Crippen molar-refractivity contribution >= 4 is 17.7 Å². The van der Waals surface area contributed by atoms with Crippen molar-refractivity contribution in [2.24, 2.45) is 5.92 Å². The number of rotatable bonds is 7. The molecule has 1 atom stereocenters. The van der Waals surface area contributed by atoms with Crippen molar-refractivity contribution in [3.05, 3.63) is 23.9 Å². The van der Waals surface area contributed by atoms with Crippen LogP contribution in [0.3, 0.4) is 0 Å². The van der Waals surface area contributed by atoms with Gasteiger partial charge in [-0.15, -0.1) is 6.58 Å². The molecule has 0 amide bonds. The van der Waals surface area contributed by atoms with Gasteiger partial charge in [-0.1, -0.05) is 6.08 Å². The number of ether oxygens (including phenoxy) is 2. The van der Waals surface area contributed by atoms with E-state index in [1.165, 1.54) is 28.1 Å². The van der Waals surface area contributed by atoms with Gasteiger partial charge in [-0.25, -0.2) is 4.79 Å². The van der Waals surface area contributed by atoms with Crippen LogP contribution in [-0.4, -0.2) is 38.5 Å². The molecule has 6 heteroatoms. The molecule has 0 spiro atoms. The first-order valence-electron chi connectivity index (χ1n) is 5.66. The van der Waals surface area contributed by atoms with Gasteiger partial charge in [0.2, 0.25) is 0 Å². The van der Waals surface area contributed by atoms with Gasteiger partial charge in [0, 0.05) is 12.2 Å². The van der Waals surface area contributed by atoms with Crippen molar-refractivity contribution < 1.29 is 23.9 Å². The normalized spacial score (nSPS) is 12.8. The highest BCUT2D eigenvalue weighted by Gasteiger charge is 2.28. The molecule has 0 saturated heterocycles. The Balaban J connectivity index is 5.72. The van der Waals surface area contributed by atoms with E-state index in [2.05, 4.69) is 21.4 Å². The standard InChI is InChI=1S/C13H19NO5/c1-6-7-14-11(8(2)12(16)18-4)10(9(3)15)13(17)19-5/h6,8,14H,1,7H2,2-5H3. The third kappa shape index (κ3) is 4.57. The number of carbonyl (C=O) groups is 3. The van der Waals surface area contributed by atoms with Gasteiger partial charge in [0.15, 0.2) is 5.78 Å². The fraction of sp³-hybridized carbons (Fsp3) is 0.462. The van der Waals surface area contributed by atoms with Crippen molar-refractivity contribution in [2.45, 2.75) is 13.8 Å². The number of hydrogen-bond donors (Lipinski definition) is 1. The minimum absolute atomic E-state index is 0.172. The van der Waals surface area contributed by atoms with Crippen LogP contribution in [0.15, 0.2) is 23.9 Å². The molecular weight excluding hydrogens is 250 g/mol. The number of methoxy groups -OCH3 is 2. The molecule has 0 bridgehead atoms. The van der Waals surface area contributed by atoms with Crippen molar-refractivity contribution in [1.82, 2.24) is 5.32 Å². The molecule has 0 aliphatic heterocycles. The lowest BCUT2D eigenvalue weighted by atomic mass is 9.99. The number of Topliss-reactive ketones (excluding diaryl/α,β-unsaturated/α-hetero) is 1. The summed E-state index contributed by atoms with van der Waals surface area (Å²) in [5.41, 5.74) is -0.0200. The van der Waals surface area contributed by atoms with Gasteiger partial charge in [0.25, 0.3) is 0 Å². The minimum Gasteiger partial charge on any atom is -0.469 e. The lowest BCUT2D eigenvalue weighted by Gasteiger charge is -2.18. The van der Waals surface area contributed by atoms with Crippen LogP contribution in [0.4, 0.5) is 0 Å². The number of carbonyl (C=O) groups excluding carboxylic acids is 3. The Labute approximate surface area is 112 Å². The van der Waals surface area contributed by atoms with Gasteiger partial charge in [0.1, 0.15) is 5.57 Å². The van der Waals surface area contributed by atoms with E-state index in [9.17, 15) is 14.4 Å². The maximum absolute atomic E-state index is 11.7. The molecule has 0 saturated carbocycles. The largest absolute Gasteiger partial charge is 0.469 e. The summed E-state index contributed by atoms with van der Waals surface area (Å²) >= 11 is 0. The maximum Gasteiger partial charge on any atom is 0.343 e. The quantitative estimate of drug-likeness (QED) is 0.239. The summed E-state index contributed by atoms with van der Waals surface area (Å²) in [7, 11) is 2.40. The maximum atomic E-state index is 11.7. The van der Waals surface area contributed by atoms with E-state index in [-0.39, 0.29) is 11.3 Å². The van der Waals surface area contributed by atoms with Crippen molar-refractivity contribution in [3.63, 3.8) is 0 Å². The number of ketones is 1. The monoisotopic (exact) mass is 269 g/mol. The van der Waals surface area contributed by atoms with Crippen LogP contribution in [0.25, 0.3) is 0 Å². The van der Waals surface area contributed by atoms with E-state index in [0.717, 1.165) is 0 Å². The number of nitrogens with one attached hydrogen (secondary N) is 1. The fourth-order valence-electron chi connectivity index (χ4n) is 1.48. The van der Waals surface area contributed by atoms with Crippen LogP contribution in [0.1, 0.15) is 13.8 Å². The van der Waals surface area contributed by atoms with Gasteiger partial charge in [-0.3, -0.25) is 9.59 Å². The Hall–Kier alpha value is -2.11. The smallest absolute Gasteiger partial charge is 0.343 e. The molecule has 0 aliphatic carbocycles. The first-order valence-corrected chi connectivity index (χ1v) is 5.66. The molecule has 0 fully saturated rings. The van der Waals surface area contributed by atoms with Gasteiger partial charge in [0.05, 0.1) is 20.1 Å². The van der Waals surface area contributed by atoms with E-state index in [4.69, 9.17) is 0 Å². The molecular formula is C13H19NO5. The Kier molecular flexibility index (Phi) is 7.18. The minimum atomic E-state index is -0.796. The Bertz CT molecular complexity index is 411. The zero-order chi connectivity index (χ0) is 15.0. The first kappa shape index (κ1) is 16.9. The molecule has 0 aromatic heterocycles. The van der Waals surface area contributed by atoms with Crippen LogP contribution in [-0.2, 0) is 23.9 Å². The lowest BCUT2D eigenvalue weighted by molar-refractivity contribution is -0.143. The number of esters is 2. The third-order valence-corrected chi connectivity index (χ3v) is 2.44. The predicted octanol–water partition coefficient (Wildman–Crippen LogP) is 0.587. The second kappa shape index (κ2) is 8.07. The van der Waals surface area contributed by atoms with Crippen LogP contribution >= 0.6 is 0 Å². The van der Waals surface area contributed by atoms with E-state index < -0.39 is 23.6 Å². The van der Waals surface area contributed by atoms with Crippen LogP contribution in [0.5, 0.6) is 0 Å². The molecule has 1 unspecified atom stereocenters. The van der Waals surface area contributed by atoms with Gasteiger partial charge in [-0.05, 0) is 13.8 Å². The third-order valence-electron chi connectivity index (χ3n) is 2.44. The molecule has 106 valence electrons. The molecule has 0 aromatic carbocycles. The van der Waals surface area contributed by atoms with Crippen molar-refractivity contribution in [2.75, 3.05) is 20.8 Å². The molecule has 1 N–H and O–H groups in total. The van der Waals surface area contributed by atoms with Crippen LogP contribution < -0.4 is 5.32 Å². The predicted molar refractivity (Wildman–Crippen MR) is 69.1 cm³/mol. The molecule has 0 rings (SSSR count). The summed E-state index contributed by atoms with van der Waals surface area (Å²) in [4.78, 5) is 34.8. The summed E-state index contributed by atoms with van der Waals surface area (Å²) in [6.45, 7) is 6.58. The highest BCUT2D eigenvalue weighted by Crippen LogP contribution is 2.16. The van der Waals surface area contributed by atoms with E-state index in [1.54, 1.807) is 6.08 Å². The van der Waals surface area contributed by atoms with E-state index in [1.807, 2.05) is 0 Å². The van der Waals surface area contributed by atoms with Crippen molar-refractivity contribution in [1.29, 1.82) is 0 Å². The van der Waals surface area contributed by atoms with Crippen molar-refractivity contribution in [3.8, 4) is 0 Å². The summed E-state index contributed by atoms with van der Waals surface area (Å²) in [6.07, 6.45) is 1.54. The topological polar surface area (TPSA) is 81.7 Å². The Morgan fingerprint density at radius 3 is 2.21 bits per heavy atom. The molecule has 19 heavy (non-hydrogen) atoms. The van der Waals surface area contributed by atoms with Gasteiger partial charge < -0.3 is 14.8 Å². The molecule has 0 heterocycles. The summed E-state index contributed by atoms with van der Waals surface area (Å²) in [5, 5.41) is 2.82. The fourth-order valence-corrected chi connectivity index (χ4v) is 1.48. The van der Waals surface area contributed by atoms with Crippen LogP contribution in [0, 0.1) is 5.92 Å². The summed E-state index contributed by atoms with van der Waals surface area (Å²) in [6, 6.07) is 0. The SMILES string of the molecule is C=CCNC(=C(C(C)=O)C(=O)OC)C(C)C(=O)OC. The lowest BCUT2D eigenvalue weighted by Crippen LogP contribution is -2.31. The van der Waals surface area contributed by atoms with E-state index in [0.29, 0.717) is 6.54 Å². The first-order chi connectivity index (χ1) is 8.90. The average molecular weight is 269 g/mol. The molecule has 0 aromatic rings. The second-order valence-electron chi connectivity index (χ2n) is 3.75. The molecule has 6 nitrogen and oxygen atoms in total. The highest BCUT2D eigenvalue weighted by molar-refractivity contribution is 6.17. The second-order valence-corrected chi connectivity index (χ2v) is 3.75. The highest BCUT2D eigenvalue weighted by atomic mass is 16.5. The average Bonchev–Trinajstić information content (AvgIpc) is 2.40. The van der Waals surface area contributed by atoms with E-state index >= 15 is 0 Å². The van der Waals surface area contributed by atoms with Crippen LogP contribution in [0.2, 0.25) is 0 Å². The molecule has 0 radical (unpaired) electrons. The van der Waals surface area contributed by atoms with Gasteiger partial charge >= 0.3 is 11.9 Å². The molecule has 0 aliphatic rings. The summed E-state index contributed by atoms with van der Waals surface area (Å²) in [5.74, 6) is -2.64. The van der Waals surface area contributed by atoms with Gasteiger partial charge in [-0.2, -0.15) is 0 Å². The zero-order valence-corrected chi connectivity index (χ0v) is 11.6. The number of hydrogen-bond acceptors (Lipinski definition) is 6. The zero-order valence-electron chi connectivity index (χ0n) is 11.6. The Morgan fingerprint density at radius 1 is 1.26 bits per heavy atom.